The van der Waals surface area contributed by atoms with Gasteiger partial charge in [0.15, 0.2) is 0 Å². The number of hydrogen-bond donors (Lipinski definition) is 2. The molecule has 1 aliphatic carbocycles. The molecule has 0 spiro atoms. The van der Waals surface area contributed by atoms with Crippen LogP contribution in [-0.4, -0.2) is 11.8 Å². The van der Waals surface area contributed by atoms with Crippen molar-refractivity contribution in [3.05, 3.63) is 27.7 Å². The molecule has 102 valence electrons. The topological polar surface area (TPSA) is 72.2 Å². The predicted octanol–water partition coefficient (Wildman–Crippen LogP) is 2.63. The molecule has 0 aromatic carbocycles. The summed E-state index contributed by atoms with van der Waals surface area (Å²) in [6.07, 6.45) is 5.57. The lowest BCUT2D eigenvalue weighted by atomic mass is 9.95. The number of nitrogens with two attached hydrogens (primary N) is 1. The van der Waals surface area contributed by atoms with E-state index in [9.17, 15) is 9.59 Å². The van der Waals surface area contributed by atoms with Gasteiger partial charge in [0.25, 0.3) is 5.91 Å². The van der Waals surface area contributed by atoms with Gasteiger partial charge in [-0.05, 0) is 45.1 Å². The Labute approximate surface area is 116 Å². The molecule has 0 fully saturated rings. The van der Waals surface area contributed by atoms with Crippen molar-refractivity contribution in [2.45, 2.75) is 39.5 Å². The zero-order chi connectivity index (χ0) is 14.0. The molecule has 0 radical (unpaired) electrons. The third-order valence-electron chi connectivity index (χ3n) is 3.07. The van der Waals surface area contributed by atoms with Crippen LogP contribution in [0.3, 0.4) is 0 Å². The lowest BCUT2D eigenvalue weighted by molar-refractivity contribution is -0.111. The van der Waals surface area contributed by atoms with Gasteiger partial charge >= 0.3 is 0 Å². The number of nitrogens with one attached hydrogen (secondary N) is 1. The number of fused-ring (bicyclic) bond motifs is 1. The van der Waals surface area contributed by atoms with E-state index >= 15 is 0 Å². The van der Waals surface area contributed by atoms with E-state index in [0.29, 0.717) is 10.6 Å². The van der Waals surface area contributed by atoms with Crippen LogP contribution in [0.4, 0.5) is 5.00 Å². The first-order valence-corrected chi connectivity index (χ1v) is 7.21. The van der Waals surface area contributed by atoms with Crippen molar-refractivity contribution in [3.63, 3.8) is 0 Å². The maximum Gasteiger partial charge on any atom is 0.251 e. The second-order valence-electron chi connectivity index (χ2n) is 4.99. The molecule has 1 aromatic heterocycles. The van der Waals surface area contributed by atoms with Crippen LogP contribution in [0.5, 0.6) is 0 Å². The van der Waals surface area contributed by atoms with Crippen LogP contribution in [0, 0.1) is 0 Å². The Morgan fingerprint density at radius 3 is 2.58 bits per heavy atom. The van der Waals surface area contributed by atoms with E-state index in [1.165, 1.54) is 22.3 Å². The van der Waals surface area contributed by atoms with Crippen LogP contribution in [0.1, 0.15) is 47.5 Å². The quantitative estimate of drug-likeness (QED) is 0.834. The highest BCUT2D eigenvalue weighted by Crippen LogP contribution is 2.37. The lowest BCUT2D eigenvalue weighted by Gasteiger charge is -2.11. The number of carbonyl (C=O) groups is 2. The average Bonchev–Trinajstić information content (AvgIpc) is 2.64. The van der Waals surface area contributed by atoms with Crippen molar-refractivity contribution in [3.8, 4) is 0 Å². The smallest absolute Gasteiger partial charge is 0.251 e. The molecule has 2 amide bonds. The zero-order valence-electron chi connectivity index (χ0n) is 11.2. The Morgan fingerprint density at radius 2 is 1.95 bits per heavy atom. The Hall–Kier alpha value is -1.62. The molecule has 0 atom stereocenters. The fraction of sp³-hybridized carbons (Fsp3) is 0.429. The summed E-state index contributed by atoms with van der Waals surface area (Å²) in [5.41, 5.74) is 7.92. The first-order valence-electron chi connectivity index (χ1n) is 6.39. The van der Waals surface area contributed by atoms with Crippen LogP contribution in [0.25, 0.3) is 0 Å². The van der Waals surface area contributed by atoms with Gasteiger partial charge < -0.3 is 11.1 Å². The number of anilines is 1. The van der Waals surface area contributed by atoms with E-state index < -0.39 is 5.91 Å². The van der Waals surface area contributed by atoms with Gasteiger partial charge in [-0.2, -0.15) is 0 Å². The number of primary amides is 1. The van der Waals surface area contributed by atoms with E-state index in [4.69, 9.17) is 5.73 Å². The van der Waals surface area contributed by atoms with Crippen LogP contribution < -0.4 is 11.1 Å². The number of hydrogen-bond acceptors (Lipinski definition) is 3. The zero-order valence-corrected chi connectivity index (χ0v) is 12.0. The van der Waals surface area contributed by atoms with E-state index in [1.54, 1.807) is 0 Å². The molecule has 1 aromatic rings. The number of carbonyl (C=O) groups excluding carboxylic acids is 2. The largest absolute Gasteiger partial charge is 0.365 e. The average molecular weight is 278 g/mol. The summed E-state index contributed by atoms with van der Waals surface area (Å²) in [6, 6.07) is 0. The molecule has 1 aliphatic rings. The number of rotatable bonds is 3. The Morgan fingerprint density at radius 1 is 1.26 bits per heavy atom. The fourth-order valence-corrected chi connectivity index (χ4v) is 3.62. The minimum absolute atomic E-state index is 0.207. The summed E-state index contributed by atoms with van der Waals surface area (Å²) in [7, 11) is 0. The number of aryl methyl sites for hydroxylation is 1. The first kappa shape index (κ1) is 13.8. The van der Waals surface area contributed by atoms with Crippen molar-refractivity contribution in [1.29, 1.82) is 0 Å². The van der Waals surface area contributed by atoms with Gasteiger partial charge in [0.1, 0.15) is 5.00 Å². The highest BCUT2D eigenvalue weighted by molar-refractivity contribution is 7.17. The third-order valence-corrected chi connectivity index (χ3v) is 4.28. The molecule has 0 saturated heterocycles. The molecule has 0 aliphatic heterocycles. The van der Waals surface area contributed by atoms with Gasteiger partial charge in [-0.15, -0.1) is 11.3 Å². The summed E-state index contributed by atoms with van der Waals surface area (Å²) in [6.45, 7) is 3.71. The SMILES string of the molecule is CC(C)=CC(=O)Nc1sc2c(c1C(N)=O)CCCC2. The van der Waals surface area contributed by atoms with E-state index in [2.05, 4.69) is 5.32 Å². The second kappa shape index (κ2) is 5.57. The second-order valence-corrected chi connectivity index (χ2v) is 6.10. The molecular formula is C14H18N2O2S. The fourth-order valence-electron chi connectivity index (χ4n) is 2.32. The molecule has 5 heteroatoms. The maximum atomic E-state index is 11.8. The monoisotopic (exact) mass is 278 g/mol. The van der Waals surface area contributed by atoms with Crippen LogP contribution in [0.15, 0.2) is 11.6 Å². The van der Waals surface area contributed by atoms with Crippen LogP contribution in [-0.2, 0) is 17.6 Å². The normalized spacial score (nSPS) is 13.6. The van der Waals surface area contributed by atoms with Crippen LogP contribution >= 0.6 is 11.3 Å². The molecule has 19 heavy (non-hydrogen) atoms. The van der Waals surface area contributed by atoms with E-state index in [-0.39, 0.29) is 5.91 Å². The Balaban J connectivity index is 2.35. The highest BCUT2D eigenvalue weighted by atomic mass is 32.1. The summed E-state index contributed by atoms with van der Waals surface area (Å²) in [5, 5.41) is 3.38. The molecule has 0 saturated carbocycles. The summed E-state index contributed by atoms with van der Waals surface area (Å²) >= 11 is 1.48. The summed E-state index contributed by atoms with van der Waals surface area (Å²) in [4.78, 5) is 24.6. The van der Waals surface area contributed by atoms with Crippen molar-refractivity contribution in [1.82, 2.24) is 0 Å². The Kier molecular flexibility index (Phi) is 4.04. The molecular weight excluding hydrogens is 260 g/mol. The number of amides is 2. The van der Waals surface area contributed by atoms with Gasteiger partial charge in [0.2, 0.25) is 5.91 Å². The van der Waals surface area contributed by atoms with Crippen molar-refractivity contribution < 1.29 is 9.59 Å². The molecule has 0 unspecified atom stereocenters. The van der Waals surface area contributed by atoms with Crippen molar-refractivity contribution >= 4 is 28.2 Å². The van der Waals surface area contributed by atoms with Gasteiger partial charge in [-0.3, -0.25) is 9.59 Å². The highest BCUT2D eigenvalue weighted by Gasteiger charge is 2.24. The van der Waals surface area contributed by atoms with Gasteiger partial charge in [0.05, 0.1) is 5.56 Å². The third kappa shape index (κ3) is 3.04. The molecule has 0 bridgehead atoms. The first-order chi connectivity index (χ1) is 8.99. The van der Waals surface area contributed by atoms with Crippen molar-refractivity contribution in [2.24, 2.45) is 5.73 Å². The van der Waals surface area contributed by atoms with E-state index in [1.807, 2.05) is 13.8 Å². The molecule has 1 heterocycles. The van der Waals surface area contributed by atoms with Gasteiger partial charge in [-0.25, -0.2) is 0 Å². The predicted molar refractivity (Wildman–Crippen MR) is 77.5 cm³/mol. The van der Waals surface area contributed by atoms with Crippen LogP contribution in [0.2, 0.25) is 0 Å². The van der Waals surface area contributed by atoms with E-state index in [0.717, 1.165) is 36.8 Å². The van der Waals surface area contributed by atoms with Crippen molar-refractivity contribution in [2.75, 3.05) is 5.32 Å². The van der Waals surface area contributed by atoms with Gasteiger partial charge in [-0.1, -0.05) is 5.57 Å². The molecule has 2 rings (SSSR count). The summed E-state index contributed by atoms with van der Waals surface area (Å²) < 4.78 is 0. The maximum absolute atomic E-state index is 11.8. The minimum Gasteiger partial charge on any atom is -0.365 e. The number of thiophene rings is 1. The lowest BCUT2D eigenvalue weighted by Crippen LogP contribution is -2.17. The minimum atomic E-state index is -0.452. The Bertz CT molecular complexity index is 554. The standard InChI is InChI=1S/C14H18N2O2S/c1-8(2)7-11(17)16-14-12(13(15)18)9-5-3-4-6-10(9)19-14/h7H,3-6H2,1-2H3,(H2,15,18)(H,16,17). The van der Waals surface area contributed by atoms with Gasteiger partial charge in [0, 0.05) is 11.0 Å². The summed E-state index contributed by atoms with van der Waals surface area (Å²) in [5.74, 6) is -0.659. The molecule has 3 N–H and O–H groups in total. The number of allylic oxidation sites excluding steroid dienone is 1. The molecule has 4 nitrogen and oxygen atoms in total.